The van der Waals surface area contributed by atoms with Crippen molar-refractivity contribution >= 4 is 21.8 Å². The quantitative estimate of drug-likeness (QED) is 0.434. The van der Waals surface area contributed by atoms with Crippen molar-refractivity contribution in [2.45, 2.75) is 40.9 Å². The summed E-state index contributed by atoms with van der Waals surface area (Å²) in [6, 6.07) is 0. The van der Waals surface area contributed by atoms with Crippen LogP contribution in [0.5, 0.6) is 0 Å². The molecule has 0 nitrogen and oxygen atoms in total. The Hall–Kier alpha value is 0.925. The Bertz CT molecular complexity index is 99.5. The normalized spacial score (nSPS) is 11.3. The van der Waals surface area contributed by atoms with Gasteiger partial charge in [-0.2, -0.15) is 0 Å². The second kappa shape index (κ2) is 8.25. The van der Waals surface area contributed by atoms with E-state index >= 15 is 0 Å². The molecule has 0 atom stereocenters. The van der Waals surface area contributed by atoms with E-state index in [2.05, 4.69) is 34.6 Å². The molecule has 0 aliphatic heterocycles. The van der Waals surface area contributed by atoms with Crippen molar-refractivity contribution < 1.29 is 0 Å². The summed E-state index contributed by atoms with van der Waals surface area (Å²) in [4.78, 5) is 0. The van der Waals surface area contributed by atoms with Crippen LogP contribution in [0.3, 0.4) is 0 Å². The van der Waals surface area contributed by atoms with Gasteiger partial charge in [0.15, 0.2) is 6.15 Å². The molecule has 0 aromatic rings. The first-order valence-corrected chi connectivity index (χ1v) is 9.29. The molecule has 0 saturated carbocycles. The molecular formula is C10H25BP2. The lowest BCUT2D eigenvalue weighted by Crippen LogP contribution is -2.13. The molecule has 0 aliphatic carbocycles. The molecule has 0 bridgehead atoms. The van der Waals surface area contributed by atoms with Gasteiger partial charge < -0.3 is 0 Å². The zero-order chi connectivity index (χ0) is 10.3. The van der Waals surface area contributed by atoms with Crippen LogP contribution in [-0.4, -0.2) is 30.8 Å². The Morgan fingerprint density at radius 3 is 1.15 bits per heavy atom. The Labute approximate surface area is 87.8 Å². The third-order valence-electron chi connectivity index (χ3n) is 2.83. The molecular weight excluding hydrogens is 193 g/mol. The van der Waals surface area contributed by atoms with Gasteiger partial charge >= 0.3 is 0 Å². The fourth-order valence-electron chi connectivity index (χ4n) is 2.04. The molecule has 0 rings (SSSR count). The molecule has 13 heavy (non-hydrogen) atoms. The van der Waals surface area contributed by atoms with E-state index in [9.17, 15) is 0 Å². The van der Waals surface area contributed by atoms with Gasteiger partial charge in [0.05, 0.1) is 0 Å². The standard InChI is InChI=1S/C10H25BP2/c1-6-11(12(7-2)8-3)13(9-4)10-5/h6-10H2,1-5H3. The van der Waals surface area contributed by atoms with Gasteiger partial charge in [0.2, 0.25) is 0 Å². The van der Waals surface area contributed by atoms with E-state index in [1.165, 1.54) is 31.0 Å². The Morgan fingerprint density at radius 1 is 0.692 bits per heavy atom. The minimum Gasteiger partial charge on any atom is -0.135 e. The van der Waals surface area contributed by atoms with Gasteiger partial charge in [0, 0.05) is 0 Å². The predicted molar refractivity (Wildman–Crippen MR) is 72.2 cm³/mol. The first kappa shape index (κ1) is 13.9. The molecule has 0 aliphatic rings. The molecule has 3 heteroatoms. The van der Waals surface area contributed by atoms with Crippen LogP contribution in [-0.2, 0) is 0 Å². The minimum atomic E-state index is 0.358. The highest BCUT2D eigenvalue weighted by molar-refractivity contribution is 8.19. The Balaban J connectivity index is 4.26. The summed E-state index contributed by atoms with van der Waals surface area (Å²) in [6.45, 7) is 11.9. The number of hydrogen-bond donors (Lipinski definition) is 0. The summed E-state index contributed by atoms with van der Waals surface area (Å²) >= 11 is 0. The van der Waals surface area contributed by atoms with Crippen molar-refractivity contribution in [2.24, 2.45) is 0 Å². The van der Waals surface area contributed by atoms with Crippen molar-refractivity contribution in [2.75, 3.05) is 24.6 Å². The van der Waals surface area contributed by atoms with E-state index in [-0.39, 0.29) is 0 Å². The molecule has 0 aromatic heterocycles. The summed E-state index contributed by atoms with van der Waals surface area (Å²) < 4.78 is 0. The highest BCUT2D eigenvalue weighted by Crippen LogP contribution is 2.55. The summed E-state index contributed by atoms with van der Waals surface area (Å²) in [6.07, 6.45) is 8.33. The van der Waals surface area contributed by atoms with Gasteiger partial charge in [-0.3, -0.25) is 0 Å². The van der Waals surface area contributed by atoms with Gasteiger partial charge in [-0.05, 0) is 24.6 Å². The smallest absolute Gasteiger partial charge is 0.135 e. The van der Waals surface area contributed by atoms with Gasteiger partial charge in [0.25, 0.3) is 0 Å². The lowest BCUT2D eigenvalue weighted by Gasteiger charge is -2.29. The monoisotopic (exact) mass is 218 g/mol. The van der Waals surface area contributed by atoms with Crippen molar-refractivity contribution in [3.63, 3.8) is 0 Å². The van der Waals surface area contributed by atoms with E-state index < -0.39 is 0 Å². The van der Waals surface area contributed by atoms with Crippen LogP contribution < -0.4 is 0 Å². The van der Waals surface area contributed by atoms with E-state index in [0.29, 0.717) is 15.6 Å². The zero-order valence-corrected chi connectivity index (χ0v) is 11.8. The fourth-order valence-corrected chi connectivity index (χ4v) is 9.46. The molecule has 0 radical (unpaired) electrons. The van der Waals surface area contributed by atoms with Crippen LogP contribution in [0, 0.1) is 0 Å². The maximum Gasteiger partial charge on any atom is 0.199 e. The molecule has 0 fully saturated rings. The number of rotatable bonds is 7. The molecule has 0 aromatic carbocycles. The van der Waals surface area contributed by atoms with Gasteiger partial charge in [-0.25, -0.2) is 0 Å². The predicted octanol–water partition coefficient (Wildman–Crippen LogP) is 4.54. The largest absolute Gasteiger partial charge is 0.199 e. The lowest BCUT2D eigenvalue weighted by atomic mass is 10.0. The van der Waals surface area contributed by atoms with Crippen molar-refractivity contribution in [1.29, 1.82) is 0 Å². The van der Waals surface area contributed by atoms with Crippen LogP contribution in [0.1, 0.15) is 34.6 Å². The molecule has 78 valence electrons. The van der Waals surface area contributed by atoms with Crippen molar-refractivity contribution in [3.05, 3.63) is 0 Å². The molecule has 0 N–H and O–H groups in total. The second-order valence-electron chi connectivity index (χ2n) is 3.33. The zero-order valence-electron chi connectivity index (χ0n) is 10.0. The molecule has 0 saturated heterocycles. The van der Waals surface area contributed by atoms with Gasteiger partial charge in [-0.15, -0.1) is 15.6 Å². The van der Waals surface area contributed by atoms with E-state index in [0.717, 1.165) is 6.15 Å². The lowest BCUT2D eigenvalue weighted by molar-refractivity contribution is 1.40. The molecule has 0 amide bonds. The SMILES string of the molecule is CCB(P(CC)CC)P(CC)CC. The fraction of sp³-hybridized carbons (Fsp3) is 1.00. The second-order valence-corrected chi connectivity index (χ2v) is 9.87. The summed E-state index contributed by atoms with van der Waals surface area (Å²) in [5.41, 5.74) is 0. The third-order valence-corrected chi connectivity index (χ3v) is 10.5. The van der Waals surface area contributed by atoms with Crippen LogP contribution in [0.4, 0.5) is 0 Å². The van der Waals surface area contributed by atoms with Crippen LogP contribution >= 0.6 is 15.6 Å². The average molecular weight is 218 g/mol. The molecule has 0 heterocycles. The molecule has 0 unspecified atom stereocenters. The van der Waals surface area contributed by atoms with E-state index in [1.807, 2.05) is 0 Å². The number of hydrogen-bond acceptors (Lipinski definition) is 0. The van der Waals surface area contributed by atoms with Crippen LogP contribution in [0.25, 0.3) is 0 Å². The Morgan fingerprint density at radius 2 is 1.00 bits per heavy atom. The van der Waals surface area contributed by atoms with Crippen LogP contribution in [0.15, 0.2) is 0 Å². The first-order chi connectivity index (χ1) is 6.24. The summed E-state index contributed by atoms with van der Waals surface area (Å²) in [5.74, 6) is 0. The average Bonchev–Trinajstić information content (AvgIpc) is 2.18. The first-order valence-electron chi connectivity index (χ1n) is 5.73. The maximum atomic E-state index is 2.39. The van der Waals surface area contributed by atoms with Crippen molar-refractivity contribution in [1.82, 2.24) is 0 Å². The topological polar surface area (TPSA) is 0 Å². The molecule has 0 spiro atoms. The van der Waals surface area contributed by atoms with E-state index in [4.69, 9.17) is 0 Å². The minimum absolute atomic E-state index is 0.358. The summed E-state index contributed by atoms with van der Waals surface area (Å²) in [7, 11) is 0.716. The van der Waals surface area contributed by atoms with Crippen LogP contribution in [0.2, 0.25) is 6.32 Å². The maximum absolute atomic E-state index is 2.39. The highest BCUT2D eigenvalue weighted by atomic mass is 31.2. The van der Waals surface area contributed by atoms with Gasteiger partial charge in [0.1, 0.15) is 0 Å². The van der Waals surface area contributed by atoms with Crippen molar-refractivity contribution in [3.8, 4) is 0 Å². The third kappa shape index (κ3) is 4.31. The summed E-state index contributed by atoms with van der Waals surface area (Å²) in [5, 5.41) is 0. The Kier molecular flexibility index (Phi) is 8.84. The van der Waals surface area contributed by atoms with E-state index in [1.54, 1.807) is 0 Å². The van der Waals surface area contributed by atoms with Gasteiger partial charge in [-0.1, -0.05) is 40.9 Å². The highest BCUT2D eigenvalue weighted by Gasteiger charge is 2.26.